The summed E-state index contributed by atoms with van der Waals surface area (Å²) in [7, 11) is 0. The average molecular weight is 428 g/mol. The zero-order valence-electron chi connectivity index (χ0n) is 18.0. The minimum Gasteiger partial charge on any atom is -0.365 e. The predicted octanol–water partition coefficient (Wildman–Crippen LogP) is 5.19. The summed E-state index contributed by atoms with van der Waals surface area (Å²) in [5.74, 6) is 0.665. The Kier molecular flexibility index (Phi) is 5.02. The summed E-state index contributed by atoms with van der Waals surface area (Å²) in [6, 6.07) is 17.9. The van der Waals surface area contributed by atoms with E-state index in [9.17, 15) is 0 Å². The molecule has 2 aromatic heterocycles. The van der Waals surface area contributed by atoms with Gasteiger partial charge < -0.3 is 4.90 Å². The lowest BCUT2D eigenvalue weighted by atomic mass is 9.78. The summed E-state index contributed by atoms with van der Waals surface area (Å²) in [6.45, 7) is 8.45. The molecule has 0 atom stereocenters. The molecule has 0 amide bonds. The van der Waals surface area contributed by atoms with Crippen molar-refractivity contribution in [3.8, 4) is 10.8 Å². The van der Waals surface area contributed by atoms with Crippen LogP contribution in [0.3, 0.4) is 0 Å². The van der Waals surface area contributed by atoms with Gasteiger partial charge in [0.15, 0.2) is 10.8 Å². The van der Waals surface area contributed by atoms with E-state index in [1.54, 1.807) is 6.33 Å². The lowest BCUT2D eigenvalue weighted by molar-refractivity contribution is 0.640. The molecule has 0 saturated carbocycles. The van der Waals surface area contributed by atoms with E-state index in [1.807, 2.05) is 6.20 Å². The van der Waals surface area contributed by atoms with Crippen LogP contribution in [-0.4, -0.2) is 25.9 Å². The van der Waals surface area contributed by atoms with Crippen LogP contribution < -0.4 is 4.90 Å². The highest BCUT2D eigenvalue weighted by atomic mass is 32.1. The summed E-state index contributed by atoms with van der Waals surface area (Å²) < 4.78 is 4.07. The van der Waals surface area contributed by atoms with E-state index in [-0.39, 0.29) is 5.41 Å². The van der Waals surface area contributed by atoms with Crippen LogP contribution in [0.15, 0.2) is 61.1 Å². The molecular weight excluding hydrogens is 402 g/mol. The van der Waals surface area contributed by atoms with E-state index in [4.69, 9.17) is 4.98 Å². The smallest absolute Gasteiger partial charge is 0.190 e. The van der Waals surface area contributed by atoms with Gasteiger partial charge in [0.05, 0.1) is 12.2 Å². The Bertz CT molecular complexity index is 1180. The zero-order chi connectivity index (χ0) is 21.4. The van der Waals surface area contributed by atoms with Gasteiger partial charge in [-0.05, 0) is 53.7 Å². The van der Waals surface area contributed by atoms with Crippen molar-refractivity contribution in [2.75, 3.05) is 11.4 Å². The van der Waals surface area contributed by atoms with Crippen LogP contribution in [0.2, 0.25) is 0 Å². The highest BCUT2D eigenvalue weighted by molar-refractivity contribution is 7.08. The normalized spacial score (nSPS) is 13.8. The summed E-state index contributed by atoms with van der Waals surface area (Å²) in [6.07, 6.45) is 4.45. The van der Waals surface area contributed by atoms with Gasteiger partial charge in [0.1, 0.15) is 6.33 Å². The second-order valence-corrected chi connectivity index (χ2v) is 9.40. The van der Waals surface area contributed by atoms with E-state index in [2.05, 4.69) is 88.5 Å². The minimum atomic E-state index is -0.0371. The van der Waals surface area contributed by atoms with Gasteiger partial charge in [-0.2, -0.15) is 4.37 Å². The number of rotatable bonds is 4. The first-order valence-electron chi connectivity index (χ1n) is 10.6. The summed E-state index contributed by atoms with van der Waals surface area (Å²) >= 11 is 1.33. The van der Waals surface area contributed by atoms with Crippen LogP contribution in [0.25, 0.3) is 10.8 Å². The lowest BCUT2D eigenvalue weighted by Crippen LogP contribution is -2.31. The molecule has 0 radical (unpaired) electrons. The number of hydrogen-bond acceptors (Lipinski definition) is 6. The van der Waals surface area contributed by atoms with Crippen LogP contribution in [0.5, 0.6) is 0 Å². The number of hydrogen-bond donors (Lipinski definition) is 0. The first-order chi connectivity index (χ1) is 15.0. The molecule has 5 nitrogen and oxygen atoms in total. The topological polar surface area (TPSA) is 54.8 Å². The van der Waals surface area contributed by atoms with E-state index >= 15 is 0 Å². The van der Waals surface area contributed by atoms with E-state index in [0.717, 1.165) is 30.2 Å². The average Bonchev–Trinajstić information content (AvgIpc) is 3.34. The van der Waals surface area contributed by atoms with Gasteiger partial charge in [0, 0.05) is 23.8 Å². The fraction of sp³-hybridized carbons (Fsp3) is 0.280. The lowest BCUT2D eigenvalue weighted by Gasteiger charge is -2.31. The van der Waals surface area contributed by atoms with Gasteiger partial charge in [-0.15, -0.1) is 0 Å². The third-order valence-electron chi connectivity index (χ3n) is 6.23. The zero-order valence-corrected chi connectivity index (χ0v) is 18.9. The molecule has 1 aliphatic heterocycles. The maximum atomic E-state index is 4.79. The van der Waals surface area contributed by atoms with Crippen molar-refractivity contribution in [3.63, 3.8) is 0 Å². The minimum absolute atomic E-state index is 0.0371. The maximum absolute atomic E-state index is 4.79. The molecule has 3 heterocycles. The highest BCUT2D eigenvalue weighted by Gasteiger charge is 2.24. The molecule has 156 valence electrons. The van der Waals surface area contributed by atoms with Gasteiger partial charge in [0.2, 0.25) is 0 Å². The molecule has 0 N–H and O–H groups in total. The molecule has 2 aromatic carbocycles. The van der Waals surface area contributed by atoms with Crippen molar-refractivity contribution in [1.82, 2.24) is 19.3 Å². The number of aryl methyl sites for hydroxylation is 1. The Hall–Kier alpha value is -3.12. The van der Waals surface area contributed by atoms with Gasteiger partial charge in [0.25, 0.3) is 0 Å². The molecule has 4 aromatic rings. The van der Waals surface area contributed by atoms with Crippen molar-refractivity contribution in [1.29, 1.82) is 0 Å². The van der Waals surface area contributed by atoms with Crippen molar-refractivity contribution in [3.05, 3.63) is 89.0 Å². The molecule has 31 heavy (non-hydrogen) atoms. The Morgan fingerprint density at radius 1 is 0.935 bits per heavy atom. The third kappa shape index (κ3) is 3.83. The summed E-state index contributed by atoms with van der Waals surface area (Å²) in [4.78, 5) is 15.9. The van der Waals surface area contributed by atoms with E-state index in [1.165, 1.54) is 39.5 Å². The SMILES string of the molecule is Cc1ccc(C(C)(C)c2ccc(N3CCc4cnc(-c5ncns5)nc4C3)cc2)cc1. The highest BCUT2D eigenvalue weighted by Crippen LogP contribution is 2.33. The monoisotopic (exact) mass is 427 g/mol. The molecular formula is C25H25N5S. The second-order valence-electron chi connectivity index (χ2n) is 8.62. The Morgan fingerprint density at radius 3 is 2.32 bits per heavy atom. The van der Waals surface area contributed by atoms with Crippen molar-refractivity contribution in [2.24, 2.45) is 0 Å². The third-order valence-corrected chi connectivity index (χ3v) is 6.89. The van der Waals surface area contributed by atoms with Crippen LogP contribution in [-0.2, 0) is 18.4 Å². The molecule has 0 spiro atoms. The fourth-order valence-electron chi connectivity index (χ4n) is 4.12. The largest absolute Gasteiger partial charge is 0.365 e. The molecule has 1 aliphatic rings. The Morgan fingerprint density at radius 2 is 1.65 bits per heavy atom. The van der Waals surface area contributed by atoms with Crippen LogP contribution in [0.4, 0.5) is 5.69 Å². The molecule has 5 rings (SSSR count). The fourth-order valence-corrected chi connectivity index (χ4v) is 4.59. The quantitative estimate of drug-likeness (QED) is 0.448. The maximum Gasteiger partial charge on any atom is 0.190 e. The molecule has 0 bridgehead atoms. The molecule has 0 fully saturated rings. The van der Waals surface area contributed by atoms with Gasteiger partial charge in [-0.25, -0.2) is 15.0 Å². The first-order valence-corrected chi connectivity index (χ1v) is 11.3. The van der Waals surface area contributed by atoms with Gasteiger partial charge >= 0.3 is 0 Å². The standard InChI is InChI=1S/C25H25N5S/c1-17-4-6-19(7-5-17)25(2,3)20-8-10-21(11-9-20)30-13-12-18-14-26-23(29-22(18)15-30)24-27-16-28-31-24/h4-11,14,16H,12-13,15H2,1-3H3. The summed E-state index contributed by atoms with van der Waals surface area (Å²) in [5, 5.41) is 0.766. The number of nitrogens with zero attached hydrogens (tertiary/aromatic N) is 5. The van der Waals surface area contributed by atoms with Crippen LogP contribution in [0.1, 0.15) is 41.8 Å². The first kappa shape index (κ1) is 19.8. The Labute approximate surface area is 187 Å². The van der Waals surface area contributed by atoms with Crippen LogP contribution >= 0.6 is 11.5 Å². The molecule has 0 aliphatic carbocycles. The number of aromatic nitrogens is 4. The van der Waals surface area contributed by atoms with E-state index in [0.29, 0.717) is 5.82 Å². The number of anilines is 1. The van der Waals surface area contributed by atoms with Crippen molar-refractivity contribution < 1.29 is 0 Å². The van der Waals surface area contributed by atoms with Gasteiger partial charge in [-0.1, -0.05) is 55.8 Å². The predicted molar refractivity (Wildman–Crippen MR) is 125 cm³/mol. The van der Waals surface area contributed by atoms with Crippen LogP contribution in [0, 0.1) is 6.92 Å². The Balaban J connectivity index is 1.37. The summed E-state index contributed by atoms with van der Waals surface area (Å²) in [5.41, 5.74) is 7.43. The second kappa shape index (κ2) is 7.85. The molecule has 0 saturated heterocycles. The molecule has 0 unspecified atom stereocenters. The van der Waals surface area contributed by atoms with Crippen molar-refractivity contribution >= 4 is 17.2 Å². The van der Waals surface area contributed by atoms with Gasteiger partial charge in [-0.3, -0.25) is 0 Å². The number of benzene rings is 2. The molecule has 6 heteroatoms. The van der Waals surface area contributed by atoms with E-state index < -0.39 is 0 Å². The number of fused-ring (bicyclic) bond motifs is 1. The van der Waals surface area contributed by atoms with Crippen molar-refractivity contribution in [2.45, 2.75) is 39.2 Å².